The van der Waals surface area contributed by atoms with Crippen LogP contribution in [0.4, 0.5) is 19.3 Å². The summed E-state index contributed by atoms with van der Waals surface area (Å²) in [5, 5.41) is 22.4. The number of halogens is 2. The number of anilines is 1. The molecule has 0 aliphatic carbocycles. The van der Waals surface area contributed by atoms with Crippen LogP contribution in [0.2, 0.25) is 0 Å². The maximum atomic E-state index is 13.5. The van der Waals surface area contributed by atoms with E-state index in [1.54, 1.807) is 25.7 Å². The van der Waals surface area contributed by atoms with Crippen molar-refractivity contribution in [3.05, 3.63) is 29.8 Å². The molecule has 1 aliphatic heterocycles. The van der Waals surface area contributed by atoms with Gasteiger partial charge in [-0.1, -0.05) is 0 Å². The van der Waals surface area contributed by atoms with Gasteiger partial charge in [-0.3, -0.25) is 0 Å². The predicted octanol–water partition coefficient (Wildman–Crippen LogP) is 2.89. The molecule has 1 aromatic carbocycles. The summed E-state index contributed by atoms with van der Waals surface area (Å²) < 4.78 is 32.1. The Labute approximate surface area is 158 Å². The van der Waals surface area contributed by atoms with E-state index in [4.69, 9.17) is 4.74 Å². The molecule has 3 N–H and O–H groups in total. The first kappa shape index (κ1) is 21.4. The molecular formula is C19H28F2N2O4. The number of amides is 1. The number of aliphatic hydroxyl groups is 2. The van der Waals surface area contributed by atoms with Gasteiger partial charge in [0.25, 0.3) is 0 Å². The van der Waals surface area contributed by atoms with Crippen molar-refractivity contribution in [1.82, 2.24) is 4.90 Å². The number of benzene rings is 1. The Bertz CT molecular complexity index is 656. The van der Waals surface area contributed by atoms with Gasteiger partial charge in [0, 0.05) is 30.4 Å². The van der Waals surface area contributed by atoms with Crippen molar-refractivity contribution in [1.29, 1.82) is 0 Å². The van der Waals surface area contributed by atoms with E-state index < -0.39 is 41.6 Å². The van der Waals surface area contributed by atoms with Crippen LogP contribution in [0.1, 0.15) is 40.0 Å². The largest absolute Gasteiger partial charge is 0.444 e. The molecule has 8 heteroatoms. The number of rotatable bonds is 5. The van der Waals surface area contributed by atoms with Crippen LogP contribution >= 0.6 is 0 Å². The minimum Gasteiger partial charge on any atom is -0.444 e. The molecule has 1 heterocycles. The van der Waals surface area contributed by atoms with Gasteiger partial charge in [-0.05, 0) is 52.2 Å². The van der Waals surface area contributed by atoms with Crippen molar-refractivity contribution < 1.29 is 28.5 Å². The monoisotopic (exact) mass is 386 g/mol. The van der Waals surface area contributed by atoms with Gasteiger partial charge < -0.3 is 25.2 Å². The van der Waals surface area contributed by atoms with Crippen LogP contribution in [0.5, 0.6) is 0 Å². The molecule has 1 unspecified atom stereocenters. The van der Waals surface area contributed by atoms with E-state index in [1.165, 1.54) is 6.07 Å². The summed E-state index contributed by atoms with van der Waals surface area (Å²) >= 11 is 0. The van der Waals surface area contributed by atoms with Gasteiger partial charge in [0.2, 0.25) is 0 Å². The second kappa shape index (κ2) is 8.39. The highest BCUT2D eigenvalue weighted by Gasteiger charge is 2.38. The Kier molecular flexibility index (Phi) is 6.64. The molecule has 27 heavy (non-hydrogen) atoms. The highest BCUT2D eigenvalue weighted by Crippen LogP contribution is 2.32. The topological polar surface area (TPSA) is 82.0 Å². The molecule has 0 bridgehead atoms. The van der Waals surface area contributed by atoms with Crippen molar-refractivity contribution in [3.63, 3.8) is 0 Å². The lowest BCUT2D eigenvalue weighted by molar-refractivity contribution is 0.0125. The van der Waals surface area contributed by atoms with Crippen LogP contribution in [-0.4, -0.2) is 58.1 Å². The number of hydrogen-bond donors (Lipinski definition) is 3. The molecule has 6 nitrogen and oxygen atoms in total. The number of nitrogens with one attached hydrogen (secondary N) is 1. The van der Waals surface area contributed by atoms with Gasteiger partial charge in [0.05, 0.1) is 12.7 Å². The van der Waals surface area contributed by atoms with Crippen LogP contribution < -0.4 is 5.32 Å². The number of likely N-dealkylation sites (tertiary alicyclic amines) is 1. The van der Waals surface area contributed by atoms with Crippen LogP contribution in [0.3, 0.4) is 0 Å². The number of hydrogen-bond acceptors (Lipinski definition) is 5. The minimum absolute atomic E-state index is 0.213. The Morgan fingerprint density at radius 1 is 1.30 bits per heavy atom. The highest BCUT2D eigenvalue weighted by atomic mass is 19.2. The SMILES string of the molecule is CC(C)(C)OC(=O)N1CCC(CC(O)CO)(Nc2ccc(F)c(F)c2)CC1. The van der Waals surface area contributed by atoms with E-state index >= 15 is 0 Å². The summed E-state index contributed by atoms with van der Waals surface area (Å²) in [6, 6.07) is 3.51. The van der Waals surface area contributed by atoms with Crippen LogP contribution in [0.25, 0.3) is 0 Å². The minimum atomic E-state index is -0.968. The number of ether oxygens (including phenoxy) is 1. The molecule has 0 spiro atoms. The maximum absolute atomic E-state index is 13.5. The van der Waals surface area contributed by atoms with E-state index in [2.05, 4.69) is 5.32 Å². The molecule has 2 rings (SSSR count). The van der Waals surface area contributed by atoms with Gasteiger partial charge in [-0.2, -0.15) is 0 Å². The second-order valence-corrected chi connectivity index (χ2v) is 8.04. The van der Waals surface area contributed by atoms with Gasteiger partial charge in [0.15, 0.2) is 11.6 Å². The van der Waals surface area contributed by atoms with Crippen molar-refractivity contribution in [2.24, 2.45) is 0 Å². The molecule has 1 fully saturated rings. The molecule has 0 saturated carbocycles. The molecule has 1 atom stereocenters. The molecule has 1 saturated heterocycles. The quantitative estimate of drug-likeness (QED) is 0.725. The first-order valence-electron chi connectivity index (χ1n) is 9.04. The zero-order valence-corrected chi connectivity index (χ0v) is 16.0. The fraction of sp³-hybridized carbons (Fsp3) is 0.632. The molecule has 0 aromatic heterocycles. The number of nitrogens with zero attached hydrogens (tertiary/aromatic N) is 1. The Balaban J connectivity index is 2.11. The molecular weight excluding hydrogens is 358 g/mol. The second-order valence-electron chi connectivity index (χ2n) is 8.04. The van der Waals surface area contributed by atoms with Gasteiger partial charge in [-0.15, -0.1) is 0 Å². The molecule has 0 radical (unpaired) electrons. The van der Waals surface area contributed by atoms with E-state index in [0.29, 0.717) is 31.6 Å². The van der Waals surface area contributed by atoms with Gasteiger partial charge in [0.1, 0.15) is 5.60 Å². The summed E-state index contributed by atoms with van der Waals surface area (Å²) in [4.78, 5) is 13.8. The zero-order chi connectivity index (χ0) is 20.2. The van der Waals surface area contributed by atoms with E-state index in [-0.39, 0.29) is 6.42 Å². The van der Waals surface area contributed by atoms with Crippen molar-refractivity contribution in [2.45, 2.75) is 57.3 Å². The molecule has 1 amide bonds. The number of carbonyl (C=O) groups is 1. The smallest absolute Gasteiger partial charge is 0.410 e. The Morgan fingerprint density at radius 2 is 1.93 bits per heavy atom. The number of piperidine rings is 1. The highest BCUT2D eigenvalue weighted by molar-refractivity contribution is 5.68. The summed E-state index contributed by atoms with van der Waals surface area (Å²) in [5.74, 6) is -1.91. The van der Waals surface area contributed by atoms with E-state index in [9.17, 15) is 23.8 Å². The first-order chi connectivity index (χ1) is 12.5. The van der Waals surface area contributed by atoms with Crippen molar-refractivity contribution in [3.8, 4) is 0 Å². The zero-order valence-electron chi connectivity index (χ0n) is 16.0. The van der Waals surface area contributed by atoms with Crippen LogP contribution in [0, 0.1) is 11.6 Å². The molecule has 152 valence electrons. The fourth-order valence-electron chi connectivity index (χ4n) is 3.22. The van der Waals surface area contributed by atoms with Crippen LogP contribution in [0.15, 0.2) is 18.2 Å². The van der Waals surface area contributed by atoms with E-state index in [1.807, 2.05) is 0 Å². The lowest BCUT2D eigenvalue weighted by Gasteiger charge is -2.44. The van der Waals surface area contributed by atoms with E-state index in [0.717, 1.165) is 12.1 Å². The summed E-state index contributed by atoms with van der Waals surface area (Å²) in [6.45, 7) is 5.73. The fourth-order valence-corrected chi connectivity index (χ4v) is 3.22. The normalized spacial score (nSPS) is 18.1. The third kappa shape index (κ3) is 6.04. The average molecular weight is 386 g/mol. The third-order valence-electron chi connectivity index (χ3n) is 4.54. The lowest BCUT2D eigenvalue weighted by atomic mass is 9.82. The van der Waals surface area contributed by atoms with Crippen molar-refractivity contribution >= 4 is 11.8 Å². The lowest BCUT2D eigenvalue weighted by Crippen LogP contribution is -2.53. The van der Waals surface area contributed by atoms with Crippen LogP contribution in [-0.2, 0) is 4.74 Å². The third-order valence-corrected chi connectivity index (χ3v) is 4.54. The summed E-state index contributed by atoms with van der Waals surface area (Å²) in [6.07, 6.45) is -0.239. The number of aliphatic hydroxyl groups excluding tert-OH is 2. The molecule has 1 aromatic rings. The maximum Gasteiger partial charge on any atom is 0.410 e. The average Bonchev–Trinajstić information content (AvgIpc) is 2.57. The van der Waals surface area contributed by atoms with Gasteiger partial charge in [-0.25, -0.2) is 13.6 Å². The molecule has 1 aliphatic rings. The predicted molar refractivity (Wildman–Crippen MR) is 97.5 cm³/mol. The summed E-state index contributed by atoms with van der Waals surface area (Å²) in [7, 11) is 0. The van der Waals surface area contributed by atoms with Gasteiger partial charge >= 0.3 is 6.09 Å². The number of carbonyl (C=O) groups excluding carboxylic acids is 1. The Morgan fingerprint density at radius 3 is 2.44 bits per heavy atom. The standard InChI is InChI=1S/C19H28F2N2O4/c1-18(2,3)27-17(26)23-8-6-19(7-9-23,11-14(25)12-24)22-13-4-5-15(20)16(21)10-13/h4-5,10,14,22,24-25H,6-9,11-12H2,1-3H3. The Hall–Kier alpha value is -1.93. The van der Waals surface area contributed by atoms with Crippen molar-refractivity contribution in [2.75, 3.05) is 25.0 Å². The first-order valence-corrected chi connectivity index (χ1v) is 9.04. The summed E-state index contributed by atoms with van der Waals surface area (Å²) in [5.41, 5.74) is -0.877.